The van der Waals surface area contributed by atoms with Gasteiger partial charge in [0, 0.05) is 23.1 Å². The summed E-state index contributed by atoms with van der Waals surface area (Å²) in [7, 11) is 2.08. The zero-order valence-corrected chi connectivity index (χ0v) is 21.6. The molecule has 196 valence electrons. The maximum Gasteiger partial charge on any atom is 0.416 e. The fraction of sp³-hybridized carbons (Fsp3) is 0.577. The van der Waals surface area contributed by atoms with Crippen molar-refractivity contribution in [2.24, 2.45) is 11.3 Å². The second-order valence-electron chi connectivity index (χ2n) is 10.6. The van der Waals surface area contributed by atoms with Crippen LogP contribution >= 0.6 is 11.6 Å². The van der Waals surface area contributed by atoms with E-state index in [2.05, 4.69) is 34.2 Å². The van der Waals surface area contributed by atoms with Crippen LogP contribution in [0.25, 0.3) is 0 Å². The van der Waals surface area contributed by atoms with Crippen molar-refractivity contribution in [1.29, 1.82) is 0 Å². The molecule has 1 aliphatic carbocycles. The van der Waals surface area contributed by atoms with E-state index in [0.29, 0.717) is 36.4 Å². The summed E-state index contributed by atoms with van der Waals surface area (Å²) in [5.41, 5.74) is 6.88. The van der Waals surface area contributed by atoms with Crippen LogP contribution in [0.4, 0.5) is 24.7 Å². The molecular weight excluding hydrogens is 491 g/mol. The molecule has 1 saturated heterocycles. The van der Waals surface area contributed by atoms with Crippen LogP contribution in [0.1, 0.15) is 68.0 Å². The first-order valence-corrected chi connectivity index (χ1v) is 12.7. The Hall–Kier alpha value is -2.39. The highest BCUT2D eigenvalue weighted by Crippen LogP contribution is 2.38. The smallest absolute Gasteiger partial charge is 0.399 e. The van der Waals surface area contributed by atoms with Gasteiger partial charge in [-0.25, -0.2) is 9.97 Å². The van der Waals surface area contributed by atoms with Gasteiger partial charge in [0.15, 0.2) is 0 Å². The number of nitrogens with zero attached hydrogens (tertiary/aromatic N) is 3. The summed E-state index contributed by atoms with van der Waals surface area (Å²) in [4.78, 5) is 24.0. The fourth-order valence-corrected chi connectivity index (χ4v) is 5.43. The number of carbonyl (C=O) groups excluding carboxylic acids is 1. The Morgan fingerprint density at radius 1 is 1.25 bits per heavy atom. The van der Waals surface area contributed by atoms with E-state index in [1.807, 2.05) is 0 Å². The summed E-state index contributed by atoms with van der Waals surface area (Å²) < 4.78 is 39.8. The highest BCUT2D eigenvalue weighted by molar-refractivity contribution is 6.28. The van der Waals surface area contributed by atoms with E-state index in [9.17, 15) is 18.0 Å². The molecule has 1 unspecified atom stereocenters. The van der Waals surface area contributed by atoms with E-state index < -0.39 is 17.8 Å². The van der Waals surface area contributed by atoms with Crippen molar-refractivity contribution in [3.8, 4) is 0 Å². The molecule has 0 amide bonds. The number of ketones is 1. The van der Waals surface area contributed by atoms with Crippen molar-refractivity contribution in [2.45, 2.75) is 64.6 Å². The van der Waals surface area contributed by atoms with E-state index in [4.69, 9.17) is 17.3 Å². The highest BCUT2D eigenvalue weighted by Gasteiger charge is 2.36. The monoisotopic (exact) mass is 523 g/mol. The predicted octanol–water partition coefficient (Wildman–Crippen LogP) is 5.70. The minimum Gasteiger partial charge on any atom is -0.399 e. The lowest BCUT2D eigenvalue weighted by Crippen LogP contribution is -2.41. The third kappa shape index (κ3) is 5.94. The zero-order valence-electron chi connectivity index (χ0n) is 20.9. The van der Waals surface area contributed by atoms with E-state index in [0.717, 1.165) is 55.7 Å². The Morgan fingerprint density at radius 2 is 1.94 bits per heavy atom. The van der Waals surface area contributed by atoms with Gasteiger partial charge in [-0.1, -0.05) is 6.92 Å². The molecule has 1 aromatic carbocycles. The Morgan fingerprint density at radius 3 is 2.61 bits per heavy atom. The van der Waals surface area contributed by atoms with E-state index >= 15 is 0 Å². The van der Waals surface area contributed by atoms with Gasteiger partial charge in [-0.15, -0.1) is 0 Å². The van der Waals surface area contributed by atoms with Gasteiger partial charge in [-0.05, 0) is 100 Å². The Bertz CT molecular complexity index is 1130. The third-order valence-corrected chi connectivity index (χ3v) is 7.91. The van der Waals surface area contributed by atoms with Crippen molar-refractivity contribution in [3.05, 3.63) is 45.9 Å². The van der Waals surface area contributed by atoms with E-state index in [-0.39, 0.29) is 22.3 Å². The van der Waals surface area contributed by atoms with Crippen LogP contribution in [0.3, 0.4) is 0 Å². The number of nitrogen functional groups attached to an aromatic ring is 1. The number of carbonyl (C=O) groups is 1. The lowest BCUT2D eigenvalue weighted by molar-refractivity contribution is -0.137. The molecule has 1 aliphatic heterocycles. The SMILES string of the molecule is C[C@@H](Nc1nc(Cl)nc2c1CC(CCC(=O)C1(C)CCN(C)CC1)C2)c1cc(N)cc(C(F)(F)F)c1. The second kappa shape index (κ2) is 10.2. The van der Waals surface area contributed by atoms with Crippen LogP contribution in [0.5, 0.6) is 0 Å². The number of nitrogens with one attached hydrogen (secondary N) is 1. The summed E-state index contributed by atoms with van der Waals surface area (Å²) in [5, 5.41) is 3.31. The van der Waals surface area contributed by atoms with Gasteiger partial charge in [0.1, 0.15) is 11.6 Å². The molecular formula is C26H33ClF3N5O. The van der Waals surface area contributed by atoms with Crippen molar-refractivity contribution >= 4 is 28.9 Å². The van der Waals surface area contributed by atoms with Gasteiger partial charge < -0.3 is 16.0 Å². The van der Waals surface area contributed by atoms with Crippen molar-refractivity contribution in [1.82, 2.24) is 14.9 Å². The standard InChI is InChI=1S/C26H33ClF3N5O/c1-15(17-12-18(26(28,29)30)14-19(31)13-17)32-23-20-10-16(11-21(20)33-24(27)34-23)4-5-22(36)25(2)6-8-35(3)9-7-25/h12-16H,4-11,31H2,1-3H3,(H,32,33,34)/t15-,16?/m1/s1. The molecule has 4 rings (SSSR count). The maximum absolute atomic E-state index is 13.3. The lowest BCUT2D eigenvalue weighted by Gasteiger charge is -2.36. The normalized spacial score (nSPS) is 20.7. The van der Waals surface area contributed by atoms with Crippen LogP contribution in [-0.2, 0) is 23.8 Å². The topological polar surface area (TPSA) is 84.1 Å². The minimum absolute atomic E-state index is 0.0439. The van der Waals surface area contributed by atoms with Gasteiger partial charge >= 0.3 is 6.18 Å². The number of nitrogens with two attached hydrogens (primary N) is 1. The number of piperidine rings is 1. The van der Waals surface area contributed by atoms with Crippen LogP contribution in [0.15, 0.2) is 18.2 Å². The number of hydrogen-bond donors (Lipinski definition) is 2. The Labute approximate surface area is 214 Å². The molecule has 6 nitrogen and oxygen atoms in total. The predicted molar refractivity (Wildman–Crippen MR) is 135 cm³/mol. The number of rotatable bonds is 7. The molecule has 2 heterocycles. The fourth-order valence-electron chi connectivity index (χ4n) is 5.25. The van der Waals surface area contributed by atoms with Gasteiger partial charge in [0.25, 0.3) is 0 Å². The molecule has 0 saturated carbocycles. The molecule has 1 aromatic heterocycles. The first kappa shape index (κ1) is 26.7. The quantitative estimate of drug-likeness (QED) is 0.358. The summed E-state index contributed by atoms with van der Waals surface area (Å²) in [6, 6.07) is 3.05. The number of anilines is 2. The largest absolute Gasteiger partial charge is 0.416 e. The molecule has 36 heavy (non-hydrogen) atoms. The number of likely N-dealkylation sites (tertiary alicyclic amines) is 1. The molecule has 0 spiro atoms. The number of alkyl halides is 3. The molecule has 2 atom stereocenters. The van der Waals surface area contributed by atoms with Crippen molar-refractivity contribution < 1.29 is 18.0 Å². The van der Waals surface area contributed by atoms with Gasteiger partial charge in [0.05, 0.1) is 17.3 Å². The maximum atomic E-state index is 13.3. The molecule has 2 aliphatic rings. The second-order valence-corrected chi connectivity index (χ2v) is 11.0. The minimum atomic E-state index is -4.49. The number of benzene rings is 1. The highest BCUT2D eigenvalue weighted by atomic mass is 35.5. The summed E-state index contributed by atoms with van der Waals surface area (Å²) >= 11 is 6.19. The molecule has 3 N–H and O–H groups in total. The molecule has 2 aromatic rings. The molecule has 10 heteroatoms. The van der Waals surface area contributed by atoms with Crippen LogP contribution < -0.4 is 11.1 Å². The Balaban J connectivity index is 1.44. The van der Waals surface area contributed by atoms with Gasteiger partial charge in [0.2, 0.25) is 5.28 Å². The molecule has 1 fully saturated rings. The first-order chi connectivity index (χ1) is 16.8. The molecule has 0 radical (unpaired) electrons. The van der Waals surface area contributed by atoms with Gasteiger partial charge in [-0.2, -0.15) is 13.2 Å². The van der Waals surface area contributed by atoms with Crippen molar-refractivity contribution in [3.63, 3.8) is 0 Å². The van der Waals surface area contributed by atoms with E-state index in [1.165, 1.54) is 6.07 Å². The van der Waals surface area contributed by atoms with Crippen LogP contribution in [0.2, 0.25) is 5.28 Å². The summed E-state index contributed by atoms with van der Waals surface area (Å²) in [6.45, 7) is 5.72. The van der Waals surface area contributed by atoms with Crippen molar-refractivity contribution in [2.75, 3.05) is 31.2 Å². The average molecular weight is 524 g/mol. The first-order valence-electron chi connectivity index (χ1n) is 12.4. The number of fused-ring (bicyclic) bond motifs is 1. The summed E-state index contributed by atoms with van der Waals surface area (Å²) in [6.07, 6.45) is -0.0256. The van der Waals surface area contributed by atoms with Crippen LogP contribution in [-0.4, -0.2) is 40.8 Å². The van der Waals surface area contributed by atoms with E-state index in [1.54, 1.807) is 6.92 Å². The lowest BCUT2D eigenvalue weighted by atomic mass is 9.75. The van der Waals surface area contributed by atoms with Gasteiger partial charge in [-0.3, -0.25) is 4.79 Å². The third-order valence-electron chi connectivity index (χ3n) is 7.74. The molecule has 0 bridgehead atoms. The number of hydrogen-bond acceptors (Lipinski definition) is 6. The average Bonchev–Trinajstić information content (AvgIpc) is 3.21. The number of Topliss-reactive ketones (excluding diaryl/α,β-unsaturated/α-hetero) is 1. The van der Waals surface area contributed by atoms with Crippen LogP contribution in [0, 0.1) is 11.3 Å². The number of halogens is 4. The summed E-state index contributed by atoms with van der Waals surface area (Å²) in [5.74, 6) is 1.08. The number of aromatic nitrogens is 2. The zero-order chi connectivity index (χ0) is 26.3. The Kier molecular flexibility index (Phi) is 7.53.